The maximum Gasteiger partial charge on any atom is 0.244 e. The van der Waals surface area contributed by atoms with Crippen LogP contribution < -0.4 is 9.62 Å². The Morgan fingerprint density at radius 3 is 2.24 bits per heavy atom. The molecule has 1 N–H and O–H groups in total. The summed E-state index contributed by atoms with van der Waals surface area (Å²) in [6.07, 6.45) is 1.33. The van der Waals surface area contributed by atoms with E-state index in [4.69, 9.17) is 11.6 Å². The molecule has 37 heavy (non-hydrogen) atoms. The molecule has 0 fully saturated rings. The number of nitrogens with zero attached hydrogens (tertiary/aromatic N) is 2. The van der Waals surface area contributed by atoms with Crippen molar-refractivity contribution in [3.8, 4) is 0 Å². The zero-order chi connectivity index (χ0) is 27.2. The zero-order valence-corrected chi connectivity index (χ0v) is 23.0. The average Bonchev–Trinajstić information content (AvgIpc) is 2.85. The Balaban J connectivity index is 2.06. The Hall–Kier alpha value is -3.36. The fourth-order valence-electron chi connectivity index (χ4n) is 4.14. The normalized spacial score (nSPS) is 12.0. The first-order valence-corrected chi connectivity index (χ1v) is 14.1. The molecule has 2 amide bonds. The Bertz CT molecular complexity index is 1360. The minimum Gasteiger partial charge on any atom is -0.357 e. The second kappa shape index (κ2) is 12.3. The largest absolute Gasteiger partial charge is 0.357 e. The van der Waals surface area contributed by atoms with Gasteiger partial charge in [0.15, 0.2) is 0 Å². The fourth-order valence-corrected chi connectivity index (χ4v) is 5.25. The summed E-state index contributed by atoms with van der Waals surface area (Å²) in [4.78, 5) is 28.5. The van der Waals surface area contributed by atoms with Crippen molar-refractivity contribution in [1.29, 1.82) is 0 Å². The number of rotatable bonds is 10. The number of hydrogen-bond acceptors (Lipinski definition) is 4. The molecule has 9 heteroatoms. The molecule has 0 aromatic heterocycles. The molecule has 0 heterocycles. The van der Waals surface area contributed by atoms with Crippen molar-refractivity contribution in [2.75, 3.05) is 24.2 Å². The lowest BCUT2D eigenvalue weighted by Gasteiger charge is -2.33. The number of sulfonamides is 1. The molecule has 0 aliphatic heterocycles. The summed E-state index contributed by atoms with van der Waals surface area (Å²) < 4.78 is 26.8. The van der Waals surface area contributed by atoms with Gasteiger partial charge >= 0.3 is 0 Å². The number of nitrogens with one attached hydrogen (secondary N) is 1. The summed E-state index contributed by atoms with van der Waals surface area (Å²) in [5.74, 6) is -0.854. The van der Waals surface area contributed by atoms with Crippen LogP contribution in [0.1, 0.15) is 22.3 Å². The Kier molecular flexibility index (Phi) is 9.34. The van der Waals surface area contributed by atoms with Gasteiger partial charge in [0.2, 0.25) is 21.8 Å². The summed E-state index contributed by atoms with van der Waals surface area (Å²) in [6.45, 7) is 3.28. The molecule has 3 aromatic rings. The lowest BCUT2D eigenvalue weighted by molar-refractivity contribution is -0.139. The number of carbonyl (C=O) groups excluding carboxylic acids is 2. The highest BCUT2D eigenvalue weighted by molar-refractivity contribution is 7.92. The van der Waals surface area contributed by atoms with Crippen LogP contribution in [0.4, 0.5) is 5.69 Å². The van der Waals surface area contributed by atoms with Crippen LogP contribution >= 0.6 is 11.6 Å². The highest BCUT2D eigenvalue weighted by Gasteiger charge is 2.33. The topological polar surface area (TPSA) is 86.8 Å². The summed E-state index contributed by atoms with van der Waals surface area (Å²) >= 11 is 6.19. The third-order valence-corrected chi connectivity index (χ3v) is 7.43. The molecule has 7 nitrogen and oxygen atoms in total. The number of benzene rings is 3. The number of anilines is 1. The van der Waals surface area contributed by atoms with Gasteiger partial charge < -0.3 is 10.2 Å². The van der Waals surface area contributed by atoms with Crippen LogP contribution in [0.2, 0.25) is 5.02 Å². The highest BCUT2D eigenvalue weighted by Crippen LogP contribution is 2.25. The van der Waals surface area contributed by atoms with Crippen LogP contribution in [-0.2, 0) is 32.6 Å². The molecule has 0 saturated heterocycles. The van der Waals surface area contributed by atoms with Crippen LogP contribution in [-0.4, -0.2) is 51.0 Å². The van der Waals surface area contributed by atoms with E-state index in [9.17, 15) is 18.0 Å². The minimum atomic E-state index is -3.81. The number of halogens is 1. The van der Waals surface area contributed by atoms with E-state index < -0.39 is 28.5 Å². The van der Waals surface area contributed by atoms with Crippen molar-refractivity contribution in [3.63, 3.8) is 0 Å². The van der Waals surface area contributed by atoms with Crippen LogP contribution in [0.3, 0.4) is 0 Å². The van der Waals surface area contributed by atoms with Gasteiger partial charge in [0.05, 0.1) is 11.9 Å². The first kappa shape index (κ1) is 28.2. The number of likely N-dealkylation sites (N-methyl/N-ethyl adjacent to an activating group) is 1. The van der Waals surface area contributed by atoms with Crippen LogP contribution in [0.25, 0.3) is 0 Å². The van der Waals surface area contributed by atoms with Gasteiger partial charge in [-0.1, -0.05) is 66.2 Å². The predicted molar refractivity (Wildman–Crippen MR) is 148 cm³/mol. The van der Waals surface area contributed by atoms with Crippen molar-refractivity contribution in [2.24, 2.45) is 0 Å². The van der Waals surface area contributed by atoms with E-state index in [-0.39, 0.29) is 18.9 Å². The van der Waals surface area contributed by atoms with Crippen LogP contribution in [0, 0.1) is 13.8 Å². The average molecular weight is 542 g/mol. The number of hydrogen-bond donors (Lipinski definition) is 1. The van der Waals surface area contributed by atoms with Crippen molar-refractivity contribution in [3.05, 3.63) is 100 Å². The summed E-state index contributed by atoms with van der Waals surface area (Å²) in [5.41, 5.74) is 3.61. The predicted octanol–water partition coefficient (Wildman–Crippen LogP) is 4.11. The molecule has 1 atom stereocenters. The van der Waals surface area contributed by atoms with Gasteiger partial charge in [-0.2, -0.15) is 0 Å². The van der Waals surface area contributed by atoms with Crippen LogP contribution in [0.5, 0.6) is 0 Å². The van der Waals surface area contributed by atoms with Gasteiger partial charge in [0, 0.05) is 25.0 Å². The van der Waals surface area contributed by atoms with Gasteiger partial charge in [-0.05, 0) is 54.3 Å². The minimum absolute atomic E-state index is 0.0781. The van der Waals surface area contributed by atoms with Crippen LogP contribution in [0.15, 0.2) is 72.8 Å². The monoisotopic (exact) mass is 541 g/mol. The lowest BCUT2D eigenvalue weighted by Crippen LogP contribution is -2.53. The number of carbonyl (C=O) groups is 2. The SMILES string of the molecule is CNC(=O)[C@H](Cc1ccccc1)N(Cc1cccc(Cl)c1)C(=O)CN(c1cc(C)ccc1C)S(C)(=O)=O. The molecule has 0 spiro atoms. The van der Waals surface area contributed by atoms with E-state index in [0.717, 1.165) is 32.8 Å². The van der Waals surface area contributed by atoms with Crippen molar-refractivity contribution >= 4 is 39.1 Å². The summed E-state index contributed by atoms with van der Waals surface area (Å²) in [7, 11) is -2.30. The van der Waals surface area contributed by atoms with E-state index >= 15 is 0 Å². The van der Waals surface area contributed by atoms with Crippen molar-refractivity contribution in [1.82, 2.24) is 10.2 Å². The maximum atomic E-state index is 13.9. The smallest absolute Gasteiger partial charge is 0.244 e. The molecule has 3 rings (SSSR count). The van der Waals surface area contributed by atoms with Crippen molar-refractivity contribution < 1.29 is 18.0 Å². The summed E-state index contributed by atoms with van der Waals surface area (Å²) in [6, 6.07) is 21.0. The summed E-state index contributed by atoms with van der Waals surface area (Å²) in [5, 5.41) is 3.16. The fraction of sp³-hybridized carbons (Fsp3) is 0.286. The van der Waals surface area contributed by atoms with Crippen molar-refractivity contribution in [2.45, 2.75) is 32.9 Å². The standard InChI is InChI=1S/C28H32ClN3O4S/c1-20-13-14-21(2)25(15-20)32(37(4,35)36)19-27(33)31(18-23-11-8-12-24(29)16-23)26(28(34)30-3)17-22-9-6-5-7-10-22/h5-16,26H,17-19H2,1-4H3,(H,30,34)/t26-/m0/s1. The third-order valence-electron chi connectivity index (χ3n) is 6.07. The van der Waals surface area contributed by atoms with Gasteiger partial charge in [0.25, 0.3) is 0 Å². The molecule has 0 aliphatic carbocycles. The van der Waals surface area contributed by atoms with Gasteiger partial charge in [-0.15, -0.1) is 0 Å². The quantitative estimate of drug-likeness (QED) is 0.418. The number of aryl methyl sites for hydroxylation is 2. The maximum absolute atomic E-state index is 13.9. The number of amides is 2. The molecule has 0 saturated carbocycles. The third kappa shape index (κ3) is 7.57. The lowest BCUT2D eigenvalue weighted by atomic mass is 10.0. The second-order valence-electron chi connectivity index (χ2n) is 9.03. The molecular formula is C28H32ClN3O4S. The molecule has 196 valence electrons. The zero-order valence-electron chi connectivity index (χ0n) is 21.4. The molecule has 0 aliphatic rings. The first-order chi connectivity index (χ1) is 17.5. The van der Waals surface area contributed by atoms with Gasteiger partial charge in [-0.3, -0.25) is 13.9 Å². The van der Waals surface area contributed by atoms with E-state index in [1.807, 2.05) is 55.5 Å². The van der Waals surface area contributed by atoms with E-state index in [1.54, 1.807) is 31.2 Å². The molecule has 0 radical (unpaired) electrons. The Morgan fingerprint density at radius 2 is 1.62 bits per heavy atom. The van der Waals surface area contributed by atoms with Gasteiger partial charge in [-0.25, -0.2) is 8.42 Å². The van der Waals surface area contributed by atoms with E-state index in [0.29, 0.717) is 10.7 Å². The van der Waals surface area contributed by atoms with E-state index in [1.165, 1.54) is 11.9 Å². The Morgan fingerprint density at radius 1 is 0.946 bits per heavy atom. The molecule has 0 unspecified atom stereocenters. The Labute approximate surface area is 224 Å². The molecule has 0 bridgehead atoms. The molecular weight excluding hydrogens is 510 g/mol. The van der Waals surface area contributed by atoms with Gasteiger partial charge in [0.1, 0.15) is 12.6 Å². The highest BCUT2D eigenvalue weighted by atomic mass is 35.5. The second-order valence-corrected chi connectivity index (χ2v) is 11.4. The first-order valence-electron chi connectivity index (χ1n) is 11.8. The molecule has 3 aromatic carbocycles. The van der Waals surface area contributed by atoms with E-state index in [2.05, 4.69) is 5.32 Å².